The Balaban J connectivity index is 2.13. The lowest BCUT2D eigenvalue weighted by atomic mass is 9.98. The van der Waals surface area contributed by atoms with E-state index in [1.807, 2.05) is 11.3 Å². The molecule has 3 aromatic rings. The molecule has 0 nitrogen and oxygen atoms in total. The van der Waals surface area contributed by atoms with Crippen LogP contribution in [-0.4, -0.2) is 0 Å². The number of unbranched alkanes of at least 4 members (excludes halogenated alkanes) is 2. The summed E-state index contributed by atoms with van der Waals surface area (Å²) in [6.45, 7) is 9.18. The van der Waals surface area contributed by atoms with Gasteiger partial charge in [-0.2, -0.15) is 0 Å². The highest BCUT2D eigenvalue weighted by Gasteiger charge is 2.13. The van der Waals surface area contributed by atoms with Gasteiger partial charge >= 0.3 is 0 Å². The topological polar surface area (TPSA) is 0 Å². The first-order valence-electron chi connectivity index (χ1n) is 9.10. The molecule has 0 fully saturated rings. The minimum Gasteiger partial charge on any atom is -0.135 e. The molecule has 0 radical (unpaired) electrons. The van der Waals surface area contributed by atoms with Crippen LogP contribution >= 0.6 is 11.3 Å². The van der Waals surface area contributed by atoms with E-state index < -0.39 is 0 Å². The number of hydrogen-bond donors (Lipinski definition) is 0. The van der Waals surface area contributed by atoms with Crippen LogP contribution in [0.15, 0.2) is 24.3 Å². The molecule has 0 spiro atoms. The fraction of sp³-hybridized carbons (Fsp3) is 0.455. The predicted molar refractivity (Wildman–Crippen MR) is 106 cm³/mol. The van der Waals surface area contributed by atoms with Crippen LogP contribution in [-0.2, 0) is 12.8 Å². The van der Waals surface area contributed by atoms with Crippen LogP contribution < -0.4 is 0 Å². The van der Waals surface area contributed by atoms with Gasteiger partial charge in [0.15, 0.2) is 0 Å². The van der Waals surface area contributed by atoms with Gasteiger partial charge in [0.05, 0.1) is 0 Å². The molecule has 0 amide bonds. The number of fused-ring (bicyclic) bond motifs is 3. The Morgan fingerprint density at radius 3 is 1.52 bits per heavy atom. The van der Waals surface area contributed by atoms with Crippen molar-refractivity contribution in [3.05, 3.63) is 46.5 Å². The van der Waals surface area contributed by atoms with Crippen molar-refractivity contribution in [2.75, 3.05) is 0 Å². The summed E-state index contributed by atoms with van der Waals surface area (Å²) in [5, 5.41) is 2.90. The summed E-state index contributed by atoms with van der Waals surface area (Å²) in [6, 6.07) is 9.44. The molecular weight excluding hydrogens is 296 g/mol. The largest absolute Gasteiger partial charge is 0.135 e. The van der Waals surface area contributed by atoms with E-state index >= 15 is 0 Å². The molecular formula is C22H28S. The lowest BCUT2D eigenvalue weighted by Gasteiger charge is -2.06. The lowest BCUT2D eigenvalue weighted by molar-refractivity contribution is 0.792. The van der Waals surface area contributed by atoms with Crippen molar-refractivity contribution in [3.8, 4) is 0 Å². The van der Waals surface area contributed by atoms with Crippen LogP contribution in [0.5, 0.6) is 0 Å². The minimum absolute atomic E-state index is 1.22. The first kappa shape index (κ1) is 16.5. The third-order valence-corrected chi connectivity index (χ3v) is 6.59. The SMILES string of the molecule is CCCCc1ccc2c(sc3c(C)c(CCCC)ccc32)c1C. The van der Waals surface area contributed by atoms with Crippen molar-refractivity contribution in [1.29, 1.82) is 0 Å². The zero-order valence-electron chi connectivity index (χ0n) is 15.0. The highest BCUT2D eigenvalue weighted by Crippen LogP contribution is 2.39. The van der Waals surface area contributed by atoms with Crippen molar-refractivity contribution in [1.82, 2.24) is 0 Å². The van der Waals surface area contributed by atoms with Crippen molar-refractivity contribution < 1.29 is 0 Å². The summed E-state index contributed by atoms with van der Waals surface area (Å²) >= 11 is 2.01. The van der Waals surface area contributed by atoms with E-state index in [1.165, 1.54) is 81.0 Å². The van der Waals surface area contributed by atoms with Gasteiger partial charge in [0, 0.05) is 20.2 Å². The quantitative estimate of drug-likeness (QED) is 0.444. The number of aryl methyl sites for hydroxylation is 4. The smallest absolute Gasteiger partial charge is 0.0387 e. The number of hydrogen-bond acceptors (Lipinski definition) is 1. The molecule has 0 aliphatic carbocycles. The number of rotatable bonds is 6. The first-order valence-corrected chi connectivity index (χ1v) is 9.92. The maximum atomic E-state index is 2.36. The summed E-state index contributed by atoms with van der Waals surface area (Å²) in [5.74, 6) is 0. The van der Waals surface area contributed by atoms with Crippen molar-refractivity contribution in [2.24, 2.45) is 0 Å². The molecule has 1 heterocycles. The molecule has 0 saturated heterocycles. The van der Waals surface area contributed by atoms with Crippen molar-refractivity contribution in [2.45, 2.75) is 66.2 Å². The molecule has 0 aliphatic rings. The lowest BCUT2D eigenvalue weighted by Crippen LogP contribution is -1.89. The van der Waals surface area contributed by atoms with Crippen molar-refractivity contribution in [3.63, 3.8) is 0 Å². The first-order chi connectivity index (χ1) is 11.2. The molecule has 23 heavy (non-hydrogen) atoms. The van der Waals surface area contributed by atoms with Gasteiger partial charge in [-0.05, 0) is 61.8 Å². The van der Waals surface area contributed by atoms with Crippen LogP contribution in [0.3, 0.4) is 0 Å². The summed E-state index contributed by atoms with van der Waals surface area (Å²) in [7, 11) is 0. The number of benzene rings is 2. The highest BCUT2D eigenvalue weighted by molar-refractivity contribution is 7.26. The standard InChI is InChI=1S/C22H28S/c1-5-7-9-17-11-13-19-20-14-12-18(10-8-6-2)16(4)22(20)23-21(19)15(17)3/h11-14H,5-10H2,1-4H3. The van der Waals surface area contributed by atoms with E-state index in [9.17, 15) is 0 Å². The average Bonchev–Trinajstić information content (AvgIpc) is 2.94. The van der Waals surface area contributed by atoms with Gasteiger partial charge in [-0.15, -0.1) is 11.3 Å². The average molecular weight is 325 g/mol. The monoisotopic (exact) mass is 324 g/mol. The fourth-order valence-electron chi connectivity index (χ4n) is 3.53. The van der Waals surface area contributed by atoms with E-state index in [4.69, 9.17) is 0 Å². The van der Waals surface area contributed by atoms with Gasteiger partial charge in [0.25, 0.3) is 0 Å². The third kappa shape index (κ3) is 3.04. The Hall–Kier alpha value is -1.34. The van der Waals surface area contributed by atoms with Crippen molar-refractivity contribution >= 4 is 31.5 Å². The molecule has 3 rings (SSSR count). The van der Waals surface area contributed by atoms with E-state index in [1.54, 1.807) is 0 Å². The molecule has 1 aromatic heterocycles. The van der Waals surface area contributed by atoms with E-state index in [0.29, 0.717) is 0 Å². The molecule has 0 atom stereocenters. The normalized spacial score (nSPS) is 11.7. The van der Waals surface area contributed by atoms with Crippen LogP contribution in [0.4, 0.5) is 0 Å². The van der Waals surface area contributed by atoms with Gasteiger partial charge in [-0.25, -0.2) is 0 Å². The van der Waals surface area contributed by atoms with Crippen LogP contribution in [0.25, 0.3) is 20.2 Å². The molecule has 0 aliphatic heterocycles. The van der Waals surface area contributed by atoms with E-state index in [0.717, 1.165) is 0 Å². The summed E-state index contributed by atoms with van der Waals surface area (Å²) in [4.78, 5) is 0. The molecule has 0 unspecified atom stereocenters. The Kier molecular flexibility index (Phi) is 5.06. The molecule has 0 bridgehead atoms. The van der Waals surface area contributed by atoms with E-state index in [-0.39, 0.29) is 0 Å². The zero-order valence-corrected chi connectivity index (χ0v) is 15.8. The second kappa shape index (κ2) is 7.05. The van der Waals surface area contributed by atoms with E-state index in [2.05, 4.69) is 52.0 Å². The van der Waals surface area contributed by atoms with Crippen LogP contribution in [0, 0.1) is 13.8 Å². The Morgan fingerprint density at radius 2 is 1.13 bits per heavy atom. The number of thiophene rings is 1. The maximum absolute atomic E-state index is 2.36. The Bertz CT molecular complexity index is 755. The highest BCUT2D eigenvalue weighted by atomic mass is 32.1. The maximum Gasteiger partial charge on any atom is 0.0387 e. The van der Waals surface area contributed by atoms with Gasteiger partial charge in [-0.3, -0.25) is 0 Å². The zero-order chi connectivity index (χ0) is 16.4. The summed E-state index contributed by atoms with van der Waals surface area (Å²) < 4.78 is 3.01. The predicted octanol–water partition coefficient (Wildman–Crippen LogP) is 7.36. The Labute approximate surface area is 144 Å². The second-order valence-electron chi connectivity index (χ2n) is 6.76. The van der Waals surface area contributed by atoms with Crippen LogP contribution in [0.1, 0.15) is 61.8 Å². The second-order valence-corrected chi connectivity index (χ2v) is 7.78. The fourth-order valence-corrected chi connectivity index (χ4v) is 4.88. The molecule has 1 heteroatoms. The van der Waals surface area contributed by atoms with Crippen LogP contribution in [0.2, 0.25) is 0 Å². The molecule has 2 aromatic carbocycles. The molecule has 0 saturated carbocycles. The van der Waals surface area contributed by atoms with Gasteiger partial charge in [0.1, 0.15) is 0 Å². The van der Waals surface area contributed by atoms with Gasteiger partial charge in [0.2, 0.25) is 0 Å². The third-order valence-electron chi connectivity index (χ3n) is 5.13. The summed E-state index contributed by atoms with van der Waals surface area (Å²) in [6.07, 6.45) is 7.54. The minimum atomic E-state index is 1.22. The molecule has 0 N–H and O–H groups in total. The summed E-state index contributed by atoms with van der Waals surface area (Å²) in [5.41, 5.74) is 6.09. The Morgan fingerprint density at radius 1 is 0.696 bits per heavy atom. The van der Waals surface area contributed by atoms with Gasteiger partial charge < -0.3 is 0 Å². The molecule has 122 valence electrons. The van der Waals surface area contributed by atoms with Gasteiger partial charge in [-0.1, -0.05) is 51.0 Å².